The van der Waals surface area contributed by atoms with E-state index in [1.54, 1.807) is 10.8 Å². The number of carbonyl (C=O) groups excluding carboxylic acids is 1. The first-order valence-corrected chi connectivity index (χ1v) is 9.22. The number of rotatable bonds is 7. The molecule has 6 nitrogen and oxygen atoms in total. The molecule has 1 saturated heterocycles. The van der Waals surface area contributed by atoms with Gasteiger partial charge in [-0.05, 0) is 45.0 Å². The molecule has 1 fully saturated rings. The molecular formula is C17H23N3O3S. The van der Waals surface area contributed by atoms with E-state index in [0.717, 1.165) is 24.5 Å². The molecule has 130 valence electrons. The van der Waals surface area contributed by atoms with Crippen LogP contribution in [-0.4, -0.2) is 35.0 Å². The van der Waals surface area contributed by atoms with Crippen LogP contribution in [-0.2, 0) is 11.3 Å². The zero-order valence-electron chi connectivity index (χ0n) is 13.9. The van der Waals surface area contributed by atoms with Gasteiger partial charge in [0, 0.05) is 30.6 Å². The van der Waals surface area contributed by atoms with E-state index in [2.05, 4.69) is 10.2 Å². The van der Waals surface area contributed by atoms with Crippen molar-refractivity contribution in [3.63, 3.8) is 0 Å². The lowest BCUT2D eigenvalue weighted by Gasteiger charge is -2.26. The smallest absolute Gasteiger partial charge is 0.307 e. The highest BCUT2D eigenvalue weighted by atomic mass is 32.1. The second-order valence-electron chi connectivity index (χ2n) is 6.12. The van der Waals surface area contributed by atoms with Crippen LogP contribution in [0.2, 0.25) is 0 Å². The normalized spacial score (nSPS) is 16.4. The van der Waals surface area contributed by atoms with Crippen molar-refractivity contribution in [3.8, 4) is 0 Å². The highest BCUT2D eigenvalue weighted by Crippen LogP contribution is 2.24. The van der Waals surface area contributed by atoms with Gasteiger partial charge in [-0.25, -0.2) is 0 Å². The minimum atomic E-state index is -0.0387. The van der Waals surface area contributed by atoms with Crippen molar-refractivity contribution in [2.24, 2.45) is 0 Å². The fourth-order valence-corrected chi connectivity index (χ4v) is 3.89. The first-order chi connectivity index (χ1) is 11.6. The third-order valence-corrected chi connectivity index (χ3v) is 5.37. The summed E-state index contributed by atoms with van der Waals surface area (Å²) in [7, 11) is 0. The number of likely N-dealkylation sites (tertiary alicyclic amines) is 1. The molecule has 0 aliphatic carbocycles. The maximum Gasteiger partial charge on any atom is 0.307 e. The molecule has 0 saturated carbocycles. The van der Waals surface area contributed by atoms with Crippen LogP contribution >= 0.6 is 11.3 Å². The Morgan fingerprint density at radius 2 is 2.21 bits per heavy atom. The lowest BCUT2D eigenvalue weighted by Crippen LogP contribution is -2.37. The largest absolute Gasteiger partial charge is 0.468 e. The van der Waals surface area contributed by atoms with E-state index in [1.165, 1.54) is 24.2 Å². The van der Waals surface area contributed by atoms with Crippen molar-refractivity contribution in [2.75, 3.05) is 19.6 Å². The molecule has 0 bridgehead atoms. The van der Waals surface area contributed by atoms with Gasteiger partial charge in [0.2, 0.25) is 5.91 Å². The molecule has 3 rings (SSSR count). The number of hydrogen-bond donors (Lipinski definition) is 1. The molecule has 1 atom stereocenters. The van der Waals surface area contributed by atoms with Crippen molar-refractivity contribution >= 4 is 17.2 Å². The molecule has 2 aromatic heterocycles. The second-order valence-corrected chi connectivity index (χ2v) is 6.94. The molecule has 0 unspecified atom stereocenters. The van der Waals surface area contributed by atoms with Crippen LogP contribution in [0, 0.1) is 6.92 Å². The maximum atomic E-state index is 12.2. The summed E-state index contributed by atoms with van der Waals surface area (Å²) in [6.07, 6.45) is 4.35. The Balaban J connectivity index is 1.54. The summed E-state index contributed by atoms with van der Waals surface area (Å²) in [6.45, 7) is 4.91. The average molecular weight is 349 g/mol. The van der Waals surface area contributed by atoms with Crippen LogP contribution in [0.4, 0.5) is 0 Å². The van der Waals surface area contributed by atoms with Crippen molar-refractivity contribution < 1.29 is 9.21 Å². The van der Waals surface area contributed by atoms with Crippen LogP contribution in [0.1, 0.15) is 36.8 Å². The van der Waals surface area contributed by atoms with E-state index in [-0.39, 0.29) is 16.8 Å². The summed E-state index contributed by atoms with van der Waals surface area (Å²) >= 11 is 1.17. The predicted octanol–water partition coefficient (Wildman–Crippen LogP) is 2.15. The molecule has 1 amide bonds. The Hall–Kier alpha value is -1.86. The number of carbonyl (C=O) groups is 1. The van der Waals surface area contributed by atoms with Gasteiger partial charge in [0.05, 0.1) is 12.3 Å². The summed E-state index contributed by atoms with van der Waals surface area (Å²) in [5.74, 6) is 0.852. The number of nitrogens with one attached hydrogen (secondary N) is 1. The van der Waals surface area contributed by atoms with Crippen LogP contribution in [0.3, 0.4) is 0 Å². The predicted molar refractivity (Wildman–Crippen MR) is 93.2 cm³/mol. The number of amides is 1. The van der Waals surface area contributed by atoms with E-state index in [9.17, 15) is 9.59 Å². The van der Waals surface area contributed by atoms with Crippen molar-refractivity contribution in [3.05, 3.63) is 44.9 Å². The molecule has 0 radical (unpaired) electrons. The molecule has 24 heavy (non-hydrogen) atoms. The molecule has 3 heterocycles. The highest BCUT2D eigenvalue weighted by Gasteiger charge is 2.25. The lowest BCUT2D eigenvalue weighted by atomic mass is 10.2. The van der Waals surface area contributed by atoms with Gasteiger partial charge in [-0.3, -0.25) is 14.5 Å². The zero-order valence-corrected chi connectivity index (χ0v) is 14.7. The molecule has 2 aromatic rings. The summed E-state index contributed by atoms with van der Waals surface area (Å²) in [5, 5.41) is 4.82. The van der Waals surface area contributed by atoms with Gasteiger partial charge in [0.15, 0.2) is 0 Å². The van der Waals surface area contributed by atoms with Gasteiger partial charge >= 0.3 is 4.87 Å². The highest BCUT2D eigenvalue weighted by molar-refractivity contribution is 7.07. The Labute approximate surface area is 145 Å². The summed E-state index contributed by atoms with van der Waals surface area (Å²) < 4.78 is 7.20. The summed E-state index contributed by atoms with van der Waals surface area (Å²) in [5.41, 5.74) is 0.906. The quantitative estimate of drug-likeness (QED) is 0.832. The zero-order chi connectivity index (χ0) is 16.9. The maximum absolute atomic E-state index is 12.2. The van der Waals surface area contributed by atoms with Crippen LogP contribution < -0.4 is 10.2 Å². The molecule has 0 aromatic carbocycles. The number of aromatic nitrogens is 1. The van der Waals surface area contributed by atoms with E-state index >= 15 is 0 Å². The molecule has 1 aliphatic heterocycles. The van der Waals surface area contributed by atoms with E-state index in [4.69, 9.17) is 4.42 Å². The first-order valence-electron chi connectivity index (χ1n) is 8.34. The van der Waals surface area contributed by atoms with Gasteiger partial charge in [0.1, 0.15) is 5.76 Å². The number of aryl methyl sites for hydroxylation is 1. The Morgan fingerprint density at radius 1 is 1.42 bits per heavy atom. The Bertz CT molecular complexity index is 714. The van der Waals surface area contributed by atoms with Crippen LogP contribution in [0.15, 0.2) is 33.0 Å². The Morgan fingerprint density at radius 3 is 2.83 bits per heavy atom. The first kappa shape index (κ1) is 17.0. The van der Waals surface area contributed by atoms with Gasteiger partial charge in [0.25, 0.3) is 0 Å². The van der Waals surface area contributed by atoms with Gasteiger partial charge in [-0.2, -0.15) is 0 Å². The monoisotopic (exact) mass is 349 g/mol. The van der Waals surface area contributed by atoms with Crippen molar-refractivity contribution in [1.29, 1.82) is 0 Å². The number of nitrogens with zero attached hydrogens (tertiary/aromatic N) is 2. The minimum absolute atomic E-state index is 0.00849. The minimum Gasteiger partial charge on any atom is -0.468 e. The summed E-state index contributed by atoms with van der Waals surface area (Å²) in [6, 6.07) is 3.92. The standard InChI is InChI=1S/C17H23N3O3S/c1-13-12-24-17(22)20(13)9-6-16(21)18-11-14(15-5-4-10-23-15)19-7-2-3-8-19/h4-5,10,12,14H,2-3,6-9,11H2,1H3,(H,18,21)/t14-/m0/s1. The van der Waals surface area contributed by atoms with Gasteiger partial charge in [-0.1, -0.05) is 11.3 Å². The summed E-state index contributed by atoms with van der Waals surface area (Å²) in [4.78, 5) is 26.2. The van der Waals surface area contributed by atoms with Crippen molar-refractivity contribution in [1.82, 2.24) is 14.8 Å². The van der Waals surface area contributed by atoms with Crippen LogP contribution in [0.25, 0.3) is 0 Å². The number of hydrogen-bond acceptors (Lipinski definition) is 5. The molecule has 0 spiro atoms. The SMILES string of the molecule is Cc1csc(=O)n1CCC(=O)NC[C@@H](c1ccco1)N1CCCC1. The topological polar surface area (TPSA) is 67.5 Å². The third-order valence-electron chi connectivity index (χ3n) is 4.48. The van der Waals surface area contributed by atoms with Crippen molar-refractivity contribution in [2.45, 2.75) is 38.8 Å². The number of furan rings is 1. The third kappa shape index (κ3) is 3.96. The molecule has 1 aliphatic rings. The fraction of sp³-hybridized carbons (Fsp3) is 0.529. The van der Waals surface area contributed by atoms with Gasteiger partial charge < -0.3 is 14.3 Å². The molecular weight excluding hydrogens is 326 g/mol. The van der Waals surface area contributed by atoms with E-state index in [0.29, 0.717) is 19.5 Å². The van der Waals surface area contributed by atoms with E-state index in [1.807, 2.05) is 24.4 Å². The number of thiazole rings is 1. The molecule has 7 heteroatoms. The molecule has 1 N–H and O–H groups in total. The average Bonchev–Trinajstić information content (AvgIpc) is 3.31. The fourth-order valence-electron chi connectivity index (χ4n) is 3.13. The lowest BCUT2D eigenvalue weighted by molar-refractivity contribution is -0.121. The van der Waals surface area contributed by atoms with Crippen LogP contribution in [0.5, 0.6) is 0 Å². The van der Waals surface area contributed by atoms with E-state index < -0.39 is 0 Å². The van der Waals surface area contributed by atoms with Gasteiger partial charge in [-0.15, -0.1) is 0 Å². The Kier molecular flexibility index (Phi) is 5.52. The second kappa shape index (κ2) is 7.81.